The Labute approximate surface area is 172 Å². The summed E-state index contributed by atoms with van der Waals surface area (Å²) in [6.07, 6.45) is 1.26. The molecule has 29 heavy (non-hydrogen) atoms. The van der Waals surface area contributed by atoms with Crippen LogP contribution < -0.4 is 5.32 Å². The summed E-state index contributed by atoms with van der Waals surface area (Å²) in [5, 5.41) is 2.85. The Bertz CT molecular complexity index is 669. The SMILES string of the molecule is CCOC(=O)[C@H](CC(C)C)NC(=O)C1CCN(C(=O)OCc2ccccc2)CC1. The smallest absolute Gasteiger partial charge is 0.410 e. The number of nitrogens with zero attached hydrogens (tertiary/aromatic N) is 1. The van der Waals surface area contributed by atoms with E-state index in [9.17, 15) is 14.4 Å². The summed E-state index contributed by atoms with van der Waals surface area (Å²) < 4.78 is 10.4. The van der Waals surface area contributed by atoms with Gasteiger partial charge in [0, 0.05) is 19.0 Å². The van der Waals surface area contributed by atoms with E-state index in [1.807, 2.05) is 44.2 Å². The van der Waals surface area contributed by atoms with Crippen LogP contribution in [-0.2, 0) is 25.7 Å². The summed E-state index contributed by atoms with van der Waals surface area (Å²) in [7, 11) is 0. The van der Waals surface area contributed by atoms with Gasteiger partial charge in [0.1, 0.15) is 12.6 Å². The van der Waals surface area contributed by atoms with E-state index in [2.05, 4.69) is 5.32 Å². The molecule has 1 saturated heterocycles. The zero-order valence-electron chi connectivity index (χ0n) is 17.6. The minimum Gasteiger partial charge on any atom is -0.464 e. The molecule has 1 aromatic rings. The third-order valence-corrected chi connectivity index (χ3v) is 4.92. The van der Waals surface area contributed by atoms with E-state index in [4.69, 9.17) is 9.47 Å². The van der Waals surface area contributed by atoms with Gasteiger partial charge >= 0.3 is 12.1 Å². The van der Waals surface area contributed by atoms with Crippen LogP contribution in [0.2, 0.25) is 0 Å². The average molecular weight is 405 g/mol. The molecule has 0 spiro atoms. The molecular weight excluding hydrogens is 372 g/mol. The molecule has 2 rings (SSSR count). The van der Waals surface area contributed by atoms with Crippen molar-refractivity contribution in [1.82, 2.24) is 10.2 Å². The first-order chi connectivity index (χ1) is 13.9. The van der Waals surface area contributed by atoms with Gasteiger partial charge in [0.05, 0.1) is 6.61 Å². The van der Waals surface area contributed by atoms with Gasteiger partial charge in [-0.15, -0.1) is 0 Å². The predicted molar refractivity (Wildman–Crippen MR) is 109 cm³/mol. The summed E-state index contributed by atoms with van der Waals surface area (Å²) in [5.74, 6) is -0.513. The lowest BCUT2D eigenvalue weighted by atomic mass is 9.95. The van der Waals surface area contributed by atoms with Crippen molar-refractivity contribution in [1.29, 1.82) is 0 Å². The van der Waals surface area contributed by atoms with E-state index in [1.54, 1.807) is 11.8 Å². The van der Waals surface area contributed by atoms with E-state index >= 15 is 0 Å². The highest BCUT2D eigenvalue weighted by atomic mass is 16.6. The molecule has 0 bridgehead atoms. The molecule has 2 amide bonds. The Morgan fingerprint density at radius 1 is 1.10 bits per heavy atom. The number of hydrogen-bond acceptors (Lipinski definition) is 5. The number of ether oxygens (including phenoxy) is 2. The molecule has 0 radical (unpaired) electrons. The summed E-state index contributed by atoms with van der Waals surface area (Å²) in [4.78, 5) is 38.6. The first-order valence-electron chi connectivity index (χ1n) is 10.3. The Kier molecular flexibility index (Phi) is 8.96. The number of benzene rings is 1. The van der Waals surface area contributed by atoms with Gasteiger partial charge in [0.2, 0.25) is 5.91 Å². The van der Waals surface area contributed by atoms with Crippen molar-refractivity contribution in [3.63, 3.8) is 0 Å². The molecule has 1 aromatic carbocycles. The zero-order chi connectivity index (χ0) is 21.2. The van der Waals surface area contributed by atoms with Crippen LogP contribution in [-0.4, -0.2) is 48.6 Å². The van der Waals surface area contributed by atoms with Crippen molar-refractivity contribution in [3.05, 3.63) is 35.9 Å². The van der Waals surface area contributed by atoms with Crippen molar-refractivity contribution < 1.29 is 23.9 Å². The standard InChI is InChI=1S/C22H32N2O5/c1-4-28-21(26)19(14-16(2)3)23-20(25)18-10-12-24(13-11-18)22(27)29-15-17-8-6-5-7-9-17/h5-9,16,18-19H,4,10-15H2,1-3H3,(H,23,25)/t19-/m0/s1. The molecule has 0 aromatic heterocycles. The van der Waals surface area contributed by atoms with Crippen LogP contribution in [0.5, 0.6) is 0 Å². The average Bonchev–Trinajstić information content (AvgIpc) is 2.72. The van der Waals surface area contributed by atoms with Crippen LogP contribution in [0.1, 0.15) is 45.6 Å². The van der Waals surface area contributed by atoms with Gasteiger partial charge in [-0.2, -0.15) is 0 Å². The summed E-state index contributed by atoms with van der Waals surface area (Å²) in [6, 6.07) is 8.89. The van der Waals surface area contributed by atoms with Gasteiger partial charge in [-0.3, -0.25) is 4.79 Å². The van der Waals surface area contributed by atoms with Crippen molar-refractivity contribution in [2.75, 3.05) is 19.7 Å². The number of carbonyl (C=O) groups is 3. The second kappa shape index (κ2) is 11.4. The van der Waals surface area contributed by atoms with Gasteiger partial charge in [-0.05, 0) is 37.7 Å². The number of hydrogen-bond donors (Lipinski definition) is 1. The molecule has 1 atom stereocenters. The lowest BCUT2D eigenvalue weighted by Crippen LogP contribution is -2.48. The van der Waals surface area contributed by atoms with Crippen molar-refractivity contribution >= 4 is 18.0 Å². The molecule has 1 aliphatic heterocycles. The Balaban J connectivity index is 1.80. The summed E-state index contributed by atoms with van der Waals surface area (Å²) >= 11 is 0. The van der Waals surface area contributed by atoms with E-state index in [0.717, 1.165) is 5.56 Å². The van der Waals surface area contributed by atoms with Crippen molar-refractivity contribution in [3.8, 4) is 0 Å². The third-order valence-electron chi connectivity index (χ3n) is 4.92. The summed E-state index contributed by atoms with van der Waals surface area (Å²) in [6.45, 7) is 7.18. The number of carbonyl (C=O) groups excluding carboxylic acids is 3. The molecule has 0 unspecified atom stereocenters. The molecule has 1 fully saturated rings. The van der Waals surface area contributed by atoms with Gasteiger partial charge in [0.25, 0.3) is 0 Å². The Hall–Kier alpha value is -2.57. The quantitative estimate of drug-likeness (QED) is 0.673. The van der Waals surface area contributed by atoms with Crippen LogP contribution in [0.3, 0.4) is 0 Å². The highest BCUT2D eigenvalue weighted by molar-refractivity contribution is 5.86. The van der Waals surface area contributed by atoms with Crippen LogP contribution in [0, 0.1) is 11.8 Å². The van der Waals surface area contributed by atoms with E-state index in [1.165, 1.54) is 0 Å². The zero-order valence-corrected chi connectivity index (χ0v) is 17.6. The predicted octanol–water partition coefficient (Wildman–Crippen LogP) is 3.13. The van der Waals surface area contributed by atoms with Crippen molar-refractivity contribution in [2.24, 2.45) is 11.8 Å². The molecule has 0 saturated carbocycles. The van der Waals surface area contributed by atoms with Crippen LogP contribution >= 0.6 is 0 Å². The van der Waals surface area contributed by atoms with Crippen molar-refractivity contribution in [2.45, 2.75) is 52.7 Å². The number of amides is 2. The molecule has 1 heterocycles. The highest BCUT2D eigenvalue weighted by Crippen LogP contribution is 2.19. The Morgan fingerprint density at radius 2 is 1.76 bits per heavy atom. The highest BCUT2D eigenvalue weighted by Gasteiger charge is 2.31. The maximum absolute atomic E-state index is 12.6. The maximum atomic E-state index is 12.6. The largest absolute Gasteiger partial charge is 0.464 e. The second-order valence-corrected chi connectivity index (χ2v) is 7.74. The van der Waals surface area contributed by atoms with E-state index in [-0.39, 0.29) is 37.0 Å². The fourth-order valence-corrected chi connectivity index (χ4v) is 3.35. The first kappa shape index (κ1) is 22.7. The molecule has 7 nitrogen and oxygen atoms in total. The number of rotatable bonds is 8. The monoisotopic (exact) mass is 404 g/mol. The van der Waals surface area contributed by atoms with E-state index < -0.39 is 12.0 Å². The van der Waals surface area contributed by atoms with Crippen LogP contribution in [0.15, 0.2) is 30.3 Å². The maximum Gasteiger partial charge on any atom is 0.410 e. The first-order valence-corrected chi connectivity index (χ1v) is 10.3. The fourth-order valence-electron chi connectivity index (χ4n) is 3.35. The Morgan fingerprint density at radius 3 is 2.34 bits per heavy atom. The molecule has 7 heteroatoms. The number of nitrogens with one attached hydrogen (secondary N) is 1. The van der Waals surface area contributed by atoms with E-state index in [0.29, 0.717) is 32.4 Å². The molecule has 160 valence electrons. The lowest BCUT2D eigenvalue weighted by Gasteiger charge is -2.31. The molecule has 1 aliphatic rings. The lowest BCUT2D eigenvalue weighted by molar-refractivity contribution is -0.148. The van der Waals surface area contributed by atoms with Crippen LogP contribution in [0.4, 0.5) is 4.79 Å². The number of esters is 1. The number of likely N-dealkylation sites (tertiary alicyclic amines) is 1. The van der Waals surface area contributed by atoms with Gasteiger partial charge < -0.3 is 19.7 Å². The fraction of sp³-hybridized carbons (Fsp3) is 0.591. The van der Waals surface area contributed by atoms with Crippen LogP contribution in [0.25, 0.3) is 0 Å². The third kappa shape index (κ3) is 7.40. The number of piperidine rings is 1. The normalized spacial score (nSPS) is 15.7. The summed E-state index contributed by atoms with van der Waals surface area (Å²) in [5.41, 5.74) is 0.935. The molecule has 0 aliphatic carbocycles. The topological polar surface area (TPSA) is 84.9 Å². The second-order valence-electron chi connectivity index (χ2n) is 7.74. The minimum atomic E-state index is -0.628. The molecular formula is C22H32N2O5. The van der Waals surface area contributed by atoms with Gasteiger partial charge in [-0.25, -0.2) is 9.59 Å². The minimum absolute atomic E-state index is 0.152. The van der Waals surface area contributed by atoms with Gasteiger partial charge in [0.15, 0.2) is 0 Å². The molecule has 1 N–H and O–H groups in total. The van der Waals surface area contributed by atoms with Gasteiger partial charge in [-0.1, -0.05) is 44.2 Å².